The van der Waals surface area contributed by atoms with E-state index in [2.05, 4.69) is 5.32 Å². The van der Waals surface area contributed by atoms with E-state index in [4.69, 9.17) is 0 Å². The number of hydrogen-bond acceptors (Lipinski definition) is 1. The molecule has 0 atom stereocenters. The van der Waals surface area contributed by atoms with Crippen molar-refractivity contribution in [2.24, 2.45) is 5.92 Å². The lowest BCUT2D eigenvalue weighted by molar-refractivity contribution is 0.712. The van der Waals surface area contributed by atoms with Crippen LogP contribution in [-0.4, -0.2) is 6.54 Å². The van der Waals surface area contributed by atoms with Crippen molar-refractivity contribution in [2.75, 3.05) is 6.54 Å². The highest BCUT2D eigenvalue weighted by Gasteiger charge is 2.19. The molecular weight excluding hydrogens is 86.1 g/mol. The van der Waals surface area contributed by atoms with Crippen molar-refractivity contribution in [3.63, 3.8) is 0 Å². The molecule has 1 radical (unpaired) electrons. The van der Waals surface area contributed by atoms with Crippen molar-refractivity contribution in [2.45, 2.75) is 19.8 Å². The average Bonchev–Trinajstić information content (AvgIpc) is 2.42. The molecule has 0 aromatic carbocycles. The topological polar surface area (TPSA) is 12.0 Å². The Morgan fingerprint density at radius 3 is 2.86 bits per heavy atom. The van der Waals surface area contributed by atoms with Crippen LogP contribution in [0.25, 0.3) is 0 Å². The van der Waals surface area contributed by atoms with Crippen LogP contribution < -0.4 is 5.32 Å². The van der Waals surface area contributed by atoms with Crippen LogP contribution in [0.15, 0.2) is 0 Å². The zero-order valence-corrected chi connectivity index (χ0v) is 4.78. The van der Waals surface area contributed by atoms with Gasteiger partial charge >= 0.3 is 0 Å². The lowest BCUT2D eigenvalue weighted by Crippen LogP contribution is -2.10. The normalized spacial score (nSPS) is 20.1. The zero-order chi connectivity index (χ0) is 5.11. The highest BCUT2D eigenvalue weighted by molar-refractivity contribution is 4.76. The van der Waals surface area contributed by atoms with E-state index in [9.17, 15) is 0 Å². The molecule has 1 saturated carbocycles. The van der Waals surface area contributed by atoms with Gasteiger partial charge in [0.2, 0.25) is 0 Å². The third kappa shape index (κ3) is 1.93. The van der Waals surface area contributed by atoms with Crippen LogP contribution in [0.1, 0.15) is 19.8 Å². The fourth-order valence-corrected chi connectivity index (χ4v) is 0.606. The van der Waals surface area contributed by atoms with Crippen molar-refractivity contribution >= 4 is 0 Å². The minimum atomic E-state index is 1.01. The summed E-state index contributed by atoms with van der Waals surface area (Å²) in [5.74, 6) is 1.01. The quantitative estimate of drug-likeness (QED) is 0.558. The van der Waals surface area contributed by atoms with E-state index in [0.29, 0.717) is 0 Å². The molecule has 0 spiro atoms. The lowest BCUT2D eigenvalue weighted by Gasteiger charge is -1.93. The molecule has 1 aliphatic carbocycles. The summed E-state index contributed by atoms with van der Waals surface area (Å²) in [7, 11) is 0. The molecule has 0 aromatic heterocycles. The van der Waals surface area contributed by atoms with E-state index in [0.717, 1.165) is 5.92 Å². The van der Waals surface area contributed by atoms with E-state index >= 15 is 0 Å². The molecule has 1 aliphatic rings. The van der Waals surface area contributed by atoms with Crippen molar-refractivity contribution in [3.05, 3.63) is 6.54 Å². The highest BCUT2D eigenvalue weighted by atomic mass is 14.9. The van der Waals surface area contributed by atoms with Crippen molar-refractivity contribution in [3.8, 4) is 0 Å². The smallest absolute Gasteiger partial charge is 0.0190 e. The summed E-state index contributed by atoms with van der Waals surface area (Å²) >= 11 is 0. The Kier molecular flexibility index (Phi) is 1.69. The molecule has 0 bridgehead atoms. The Morgan fingerprint density at radius 2 is 2.43 bits per heavy atom. The van der Waals surface area contributed by atoms with E-state index in [1.165, 1.54) is 19.4 Å². The summed E-state index contributed by atoms with van der Waals surface area (Å²) in [5, 5.41) is 3.19. The van der Waals surface area contributed by atoms with Gasteiger partial charge in [-0.25, -0.2) is 0 Å². The Labute approximate surface area is 45.1 Å². The highest BCUT2D eigenvalue weighted by Crippen LogP contribution is 2.27. The Balaban J connectivity index is 1.80. The fraction of sp³-hybridized carbons (Fsp3) is 0.833. The van der Waals surface area contributed by atoms with Gasteiger partial charge in [0.15, 0.2) is 0 Å². The number of hydrogen-bond donors (Lipinski definition) is 1. The third-order valence-electron chi connectivity index (χ3n) is 1.31. The van der Waals surface area contributed by atoms with Crippen molar-refractivity contribution < 1.29 is 0 Å². The first-order valence-electron chi connectivity index (χ1n) is 2.94. The van der Waals surface area contributed by atoms with Gasteiger partial charge in [0, 0.05) is 6.54 Å². The minimum Gasteiger partial charge on any atom is -0.312 e. The standard InChI is InChI=1S/C6H12N/c1-2-7-5-6-3-4-6/h2,6-7H,3-5H2,1H3. The first-order valence-corrected chi connectivity index (χ1v) is 2.94. The second-order valence-corrected chi connectivity index (χ2v) is 2.14. The van der Waals surface area contributed by atoms with Crippen LogP contribution in [0, 0.1) is 12.5 Å². The molecule has 0 aromatic rings. The number of nitrogens with one attached hydrogen (secondary N) is 1. The summed E-state index contributed by atoms with van der Waals surface area (Å²) < 4.78 is 0. The number of rotatable bonds is 3. The molecule has 1 nitrogen and oxygen atoms in total. The Hall–Kier alpha value is -0.0400. The summed E-state index contributed by atoms with van der Waals surface area (Å²) in [5.41, 5.74) is 0. The second-order valence-electron chi connectivity index (χ2n) is 2.14. The molecular formula is C6H12N. The first-order chi connectivity index (χ1) is 3.43. The van der Waals surface area contributed by atoms with Gasteiger partial charge in [-0.1, -0.05) is 0 Å². The predicted molar refractivity (Wildman–Crippen MR) is 30.7 cm³/mol. The van der Waals surface area contributed by atoms with Crippen LogP contribution >= 0.6 is 0 Å². The predicted octanol–water partition coefficient (Wildman–Crippen LogP) is 1.17. The molecule has 1 rings (SSSR count). The molecule has 1 heteroatoms. The van der Waals surface area contributed by atoms with Crippen LogP contribution in [0.3, 0.4) is 0 Å². The van der Waals surface area contributed by atoms with E-state index in [1.807, 2.05) is 13.5 Å². The Bertz CT molecular complexity index is 48.1. The summed E-state index contributed by atoms with van der Waals surface area (Å²) in [6, 6.07) is 0. The molecule has 41 valence electrons. The SMILES string of the molecule is C[CH]NCC1CC1. The molecule has 0 heterocycles. The van der Waals surface area contributed by atoms with Crippen LogP contribution in [0.2, 0.25) is 0 Å². The maximum absolute atomic E-state index is 3.19. The maximum Gasteiger partial charge on any atom is 0.0190 e. The molecule has 0 unspecified atom stereocenters. The van der Waals surface area contributed by atoms with Crippen LogP contribution in [0.5, 0.6) is 0 Å². The van der Waals surface area contributed by atoms with Crippen molar-refractivity contribution in [1.82, 2.24) is 5.32 Å². The van der Waals surface area contributed by atoms with Gasteiger partial charge in [-0.15, -0.1) is 0 Å². The maximum atomic E-state index is 3.19. The largest absolute Gasteiger partial charge is 0.312 e. The van der Waals surface area contributed by atoms with Gasteiger partial charge in [-0.3, -0.25) is 0 Å². The zero-order valence-electron chi connectivity index (χ0n) is 4.78. The molecule has 0 amide bonds. The van der Waals surface area contributed by atoms with Gasteiger partial charge in [0.05, 0.1) is 0 Å². The molecule has 1 fully saturated rings. The van der Waals surface area contributed by atoms with E-state index in [-0.39, 0.29) is 0 Å². The monoisotopic (exact) mass is 98.1 g/mol. The average molecular weight is 98.2 g/mol. The summed E-state index contributed by atoms with van der Waals surface area (Å²) in [6.45, 7) is 5.25. The first kappa shape index (κ1) is 5.10. The van der Waals surface area contributed by atoms with Gasteiger partial charge < -0.3 is 5.32 Å². The summed E-state index contributed by atoms with van der Waals surface area (Å²) in [4.78, 5) is 0. The molecule has 1 N–H and O–H groups in total. The Morgan fingerprint density at radius 1 is 1.71 bits per heavy atom. The van der Waals surface area contributed by atoms with Gasteiger partial charge in [-0.05, 0) is 32.2 Å². The second kappa shape index (κ2) is 2.31. The van der Waals surface area contributed by atoms with Crippen molar-refractivity contribution in [1.29, 1.82) is 0 Å². The van der Waals surface area contributed by atoms with Crippen LogP contribution in [-0.2, 0) is 0 Å². The van der Waals surface area contributed by atoms with Crippen LogP contribution in [0.4, 0.5) is 0 Å². The molecule has 0 saturated heterocycles. The van der Waals surface area contributed by atoms with Gasteiger partial charge in [0.1, 0.15) is 0 Å². The lowest BCUT2D eigenvalue weighted by atomic mass is 10.4. The fourth-order valence-electron chi connectivity index (χ4n) is 0.606. The third-order valence-corrected chi connectivity index (χ3v) is 1.31. The summed E-state index contributed by atoms with van der Waals surface area (Å²) in [6.07, 6.45) is 2.89. The molecule has 0 aliphatic heterocycles. The van der Waals surface area contributed by atoms with E-state index < -0.39 is 0 Å². The molecule has 7 heavy (non-hydrogen) atoms. The van der Waals surface area contributed by atoms with Gasteiger partial charge in [0.25, 0.3) is 0 Å². The van der Waals surface area contributed by atoms with E-state index in [1.54, 1.807) is 0 Å². The minimum absolute atomic E-state index is 1.01. The van der Waals surface area contributed by atoms with Gasteiger partial charge in [-0.2, -0.15) is 0 Å².